The summed E-state index contributed by atoms with van der Waals surface area (Å²) in [6.45, 7) is 0. The lowest BCUT2D eigenvalue weighted by Gasteiger charge is -1.82. The Morgan fingerprint density at radius 3 is 2.70 bits per heavy atom. The highest BCUT2D eigenvalue weighted by Crippen LogP contribution is 1.89. The van der Waals surface area contributed by atoms with Gasteiger partial charge in [-0.25, -0.2) is 0 Å². The fourth-order valence-corrected chi connectivity index (χ4v) is 0.444. The van der Waals surface area contributed by atoms with Crippen molar-refractivity contribution >= 4 is 12.3 Å². The molecule has 0 bridgehead atoms. The van der Waals surface area contributed by atoms with Crippen molar-refractivity contribution in [1.29, 1.82) is 0 Å². The number of aliphatic carboxylic acids is 1. The van der Waals surface area contributed by atoms with Crippen LogP contribution in [0.2, 0.25) is 0 Å². The van der Waals surface area contributed by atoms with Gasteiger partial charge in [-0.3, -0.25) is 9.59 Å². The monoisotopic (exact) mass is 141 g/mol. The van der Waals surface area contributed by atoms with Gasteiger partial charge >= 0.3 is 5.97 Å². The SMILES string of the molecule is O=[C]CCC=CCC(=O)O. The zero-order valence-electron chi connectivity index (χ0n) is 5.54. The number of carbonyl (C=O) groups is 1. The third-order valence-electron chi connectivity index (χ3n) is 0.872. The predicted octanol–water partition coefficient (Wildman–Crippen LogP) is 0.907. The molecule has 0 unspecified atom stereocenters. The molecule has 0 saturated heterocycles. The molecule has 3 nitrogen and oxygen atoms in total. The maximum atomic E-state index is 9.90. The van der Waals surface area contributed by atoms with E-state index in [2.05, 4.69) is 0 Å². The van der Waals surface area contributed by atoms with E-state index in [4.69, 9.17) is 5.11 Å². The lowest BCUT2D eigenvalue weighted by molar-refractivity contribution is -0.136. The van der Waals surface area contributed by atoms with Crippen molar-refractivity contribution in [2.75, 3.05) is 0 Å². The van der Waals surface area contributed by atoms with Crippen LogP contribution in [0.3, 0.4) is 0 Å². The molecule has 0 atom stereocenters. The normalized spacial score (nSPS) is 10.0. The number of hydrogen-bond donors (Lipinski definition) is 1. The van der Waals surface area contributed by atoms with E-state index in [-0.39, 0.29) is 6.42 Å². The summed E-state index contributed by atoms with van der Waals surface area (Å²) in [5, 5.41) is 8.14. The highest BCUT2D eigenvalue weighted by molar-refractivity contribution is 5.68. The minimum Gasteiger partial charge on any atom is -0.481 e. The third kappa shape index (κ3) is 6.88. The smallest absolute Gasteiger partial charge is 0.307 e. The van der Waals surface area contributed by atoms with Gasteiger partial charge in [0.1, 0.15) is 0 Å². The number of carboxylic acid groups (broad SMARTS) is 1. The van der Waals surface area contributed by atoms with Crippen LogP contribution in [0.15, 0.2) is 12.2 Å². The maximum Gasteiger partial charge on any atom is 0.307 e. The van der Waals surface area contributed by atoms with Crippen molar-refractivity contribution in [2.24, 2.45) is 0 Å². The minimum atomic E-state index is -0.855. The van der Waals surface area contributed by atoms with Crippen LogP contribution < -0.4 is 0 Å². The quantitative estimate of drug-likeness (QED) is 0.457. The Kier molecular flexibility index (Phi) is 5.33. The van der Waals surface area contributed by atoms with Gasteiger partial charge in [-0.15, -0.1) is 0 Å². The van der Waals surface area contributed by atoms with Crippen LogP contribution in [0.5, 0.6) is 0 Å². The zero-order chi connectivity index (χ0) is 7.82. The Hall–Kier alpha value is -1.12. The van der Waals surface area contributed by atoms with Gasteiger partial charge in [0.05, 0.1) is 6.42 Å². The molecule has 3 heteroatoms. The van der Waals surface area contributed by atoms with Crippen molar-refractivity contribution < 1.29 is 14.7 Å². The lowest BCUT2D eigenvalue weighted by Crippen LogP contribution is -1.89. The van der Waals surface area contributed by atoms with Gasteiger partial charge in [0.2, 0.25) is 0 Å². The van der Waals surface area contributed by atoms with Gasteiger partial charge < -0.3 is 5.11 Å². The Labute approximate surface area is 59.4 Å². The molecule has 0 aromatic heterocycles. The second-order valence-corrected chi connectivity index (χ2v) is 1.75. The van der Waals surface area contributed by atoms with Crippen LogP contribution in [0.1, 0.15) is 19.3 Å². The molecular formula is C7H9O3. The van der Waals surface area contributed by atoms with Crippen molar-refractivity contribution in [1.82, 2.24) is 0 Å². The standard InChI is InChI=1S/C7H9O3/c8-6-4-2-1-3-5-7(9)10/h1,3H,2,4-5H2,(H,9,10). The van der Waals surface area contributed by atoms with E-state index in [0.29, 0.717) is 12.8 Å². The molecule has 0 aromatic rings. The fraction of sp³-hybridized carbons (Fsp3) is 0.429. The average molecular weight is 141 g/mol. The van der Waals surface area contributed by atoms with Gasteiger partial charge in [0, 0.05) is 6.42 Å². The maximum absolute atomic E-state index is 9.90. The Balaban J connectivity index is 3.20. The molecular weight excluding hydrogens is 132 g/mol. The van der Waals surface area contributed by atoms with E-state index in [1.807, 2.05) is 0 Å². The van der Waals surface area contributed by atoms with Crippen LogP contribution >= 0.6 is 0 Å². The first-order chi connectivity index (χ1) is 4.77. The number of carboxylic acids is 1. The Bertz CT molecular complexity index is 138. The molecule has 0 aliphatic heterocycles. The first-order valence-corrected chi connectivity index (χ1v) is 2.99. The highest BCUT2D eigenvalue weighted by atomic mass is 16.4. The Morgan fingerprint density at radius 2 is 2.20 bits per heavy atom. The van der Waals surface area contributed by atoms with Gasteiger partial charge in [-0.1, -0.05) is 12.2 Å². The molecule has 0 heterocycles. The molecule has 0 aliphatic carbocycles. The van der Waals surface area contributed by atoms with Crippen LogP contribution in [0, 0.1) is 0 Å². The first kappa shape index (κ1) is 8.88. The predicted molar refractivity (Wildman–Crippen MR) is 36.3 cm³/mol. The summed E-state index contributed by atoms with van der Waals surface area (Å²) in [6.07, 6.45) is 5.85. The second kappa shape index (κ2) is 6.01. The molecule has 0 fully saturated rings. The molecule has 0 aromatic carbocycles. The lowest BCUT2D eigenvalue weighted by atomic mass is 10.3. The topological polar surface area (TPSA) is 54.4 Å². The number of allylic oxidation sites excluding steroid dienone is 1. The summed E-state index contributed by atoms with van der Waals surface area (Å²) in [6, 6.07) is 0. The van der Waals surface area contributed by atoms with E-state index >= 15 is 0 Å². The number of unbranched alkanes of at least 4 members (excludes halogenated alkanes) is 1. The molecule has 10 heavy (non-hydrogen) atoms. The summed E-state index contributed by atoms with van der Waals surface area (Å²) in [5.74, 6) is -0.855. The summed E-state index contributed by atoms with van der Waals surface area (Å²) in [4.78, 5) is 19.5. The van der Waals surface area contributed by atoms with E-state index in [9.17, 15) is 9.59 Å². The first-order valence-electron chi connectivity index (χ1n) is 2.99. The van der Waals surface area contributed by atoms with Gasteiger partial charge in [0.25, 0.3) is 0 Å². The van der Waals surface area contributed by atoms with Gasteiger partial charge in [0.15, 0.2) is 6.29 Å². The molecule has 0 amide bonds. The van der Waals surface area contributed by atoms with Crippen LogP contribution in [-0.4, -0.2) is 17.4 Å². The molecule has 1 radical (unpaired) electrons. The summed E-state index contributed by atoms with van der Waals surface area (Å²) in [5.41, 5.74) is 0. The van der Waals surface area contributed by atoms with Crippen molar-refractivity contribution in [3.05, 3.63) is 12.2 Å². The number of carbonyl (C=O) groups excluding carboxylic acids is 1. The largest absolute Gasteiger partial charge is 0.481 e. The van der Waals surface area contributed by atoms with E-state index < -0.39 is 5.97 Å². The molecule has 0 spiro atoms. The molecule has 0 saturated carbocycles. The molecule has 0 aliphatic rings. The van der Waals surface area contributed by atoms with Crippen LogP contribution in [-0.2, 0) is 9.59 Å². The van der Waals surface area contributed by atoms with E-state index in [1.165, 1.54) is 6.08 Å². The van der Waals surface area contributed by atoms with Crippen LogP contribution in [0.25, 0.3) is 0 Å². The average Bonchev–Trinajstić information content (AvgIpc) is 1.87. The number of hydrogen-bond acceptors (Lipinski definition) is 2. The summed E-state index contributed by atoms with van der Waals surface area (Å²) in [7, 11) is 0. The fourth-order valence-electron chi connectivity index (χ4n) is 0.444. The summed E-state index contributed by atoms with van der Waals surface area (Å²) >= 11 is 0. The van der Waals surface area contributed by atoms with Crippen molar-refractivity contribution in [3.8, 4) is 0 Å². The second-order valence-electron chi connectivity index (χ2n) is 1.75. The summed E-state index contributed by atoms with van der Waals surface area (Å²) < 4.78 is 0. The minimum absolute atomic E-state index is 0.0266. The Morgan fingerprint density at radius 1 is 1.50 bits per heavy atom. The van der Waals surface area contributed by atoms with Gasteiger partial charge in [-0.2, -0.15) is 0 Å². The molecule has 0 rings (SSSR count). The third-order valence-corrected chi connectivity index (χ3v) is 0.872. The molecule has 55 valence electrons. The molecule has 1 N–H and O–H groups in total. The van der Waals surface area contributed by atoms with E-state index in [0.717, 1.165) is 0 Å². The van der Waals surface area contributed by atoms with Crippen molar-refractivity contribution in [2.45, 2.75) is 19.3 Å². The van der Waals surface area contributed by atoms with Crippen LogP contribution in [0.4, 0.5) is 0 Å². The van der Waals surface area contributed by atoms with E-state index in [1.54, 1.807) is 12.4 Å². The highest BCUT2D eigenvalue weighted by Gasteiger charge is 1.87. The van der Waals surface area contributed by atoms with Gasteiger partial charge in [-0.05, 0) is 6.42 Å². The van der Waals surface area contributed by atoms with Crippen molar-refractivity contribution in [3.63, 3.8) is 0 Å². The zero-order valence-corrected chi connectivity index (χ0v) is 5.54. The number of rotatable bonds is 5.